The minimum absolute atomic E-state index is 0.00873. The van der Waals surface area contributed by atoms with Crippen molar-refractivity contribution in [2.24, 2.45) is 0 Å². The Balaban J connectivity index is 1.46. The van der Waals surface area contributed by atoms with E-state index in [1.54, 1.807) is 0 Å². The molecule has 1 aliphatic heterocycles. The molecule has 0 saturated carbocycles. The molecule has 1 aromatic heterocycles. The van der Waals surface area contributed by atoms with Crippen molar-refractivity contribution in [3.8, 4) is 11.3 Å². The molecule has 0 spiro atoms. The van der Waals surface area contributed by atoms with Gasteiger partial charge in [0.2, 0.25) is 0 Å². The number of piperidine rings is 1. The number of non-ortho nitro benzene ring substituents is 1. The van der Waals surface area contributed by atoms with E-state index in [-0.39, 0.29) is 10.6 Å². The molecule has 2 heterocycles. The largest absolute Gasteiger partial charge is 0.348 e. The monoisotopic (exact) mass is 463 g/mol. The molecule has 4 rings (SSSR count). The molecular formula is C20H18ClN3O4S2. The summed E-state index contributed by atoms with van der Waals surface area (Å²) in [5, 5.41) is 13.9. The Morgan fingerprint density at radius 3 is 2.50 bits per heavy atom. The molecule has 0 bridgehead atoms. The fourth-order valence-electron chi connectivity index (χ4n) is 3.49. The van der Waals surface area contributed by atoms with Gasteiger partial charge in [-0.05, 0) is 31.0 Å². The van der Waals surface area contributed by atoms with Gasteiger partial charge in [-0.2, -0.15) is 0 Å². The normalized spacial score (nSPS) is 15.3. The van der Waals surface area contributed by atoms with Gasteiger partial charge in [-0.15, -0.1) is 11.3 Å². The van der Waals surface area contributed by atoms with Crippen LogP contribution in [-0.2, 0) is 9.84 Å². The lowest BCUT2D eigenvalue weighted by Crippen LogP contribution is -2.39. The van der Waals surface area contributed by atoms with Crippen LogP contribution in [0.1, 0.15) is 12.8 Å². The maximum absolute atomic E-state index is 13.0. The minimum Gasteiger partial charge on any atom is -0.348 e. The van der Waals surface area contributed by atoms with E-state index in [1.165, 1.54) is 29.5 Å². The predicted molar refractivity (Wildman–Crippen MR) is 118 cm³/mol. The van der Waals surface area contributed by atoms with Crippen molar-refractivity contribution in [3.63, 3.8) is 0 Å². The summed E-state index contributed by atoms with van der Waals surface area (Å²) in [5.74, 6) is 0. The Hall–Kier alpha value is -2.49. The maximum Gasteiger partial charge on any atom is 0.270 e. The molecule has 1 fully saturated rings. The number of thiazole rings is 1. The maximum atomic E-state index is 13.0. The van der Waals surface area contributed by atoms with E-state index in [2.05, 4.69) is 9.88 Å². The van der Waals surface area contributed by atoms with Gasteiger partial charge in [-0.1, -0.05) is 29.8 Å². The molecule has 0 radical (unpaired) electrons. The quantitative estimate of drug-likeness (QED) is 0.398. The number of halogens is 1. The number of hydrogen-bond acceptors (Lipinski definition) is 7. The molecule has 7 nitrogen and oxygen atoms in total. The lowest BCUT2D eigenvalue weighted by Gasteiger charge is -2.31. The molecule has 0 aliphatic carbocycles. The summed E-state index contributed by atoms with van der Waals surface area (Å²) in [6.07, 6.45) is 0.891. The van der Waals surface area contributed by atoms with E-state index < -0.39 is 20.0 Å². The SMILES string of the molecule is O=[N+]([O-])c1cccc(S(=O)(=O)C2CCN(c3nc(-c4ccc(Cl)cc4)cs3)CC2)c1. The van der Waals surface area contributed by atoms with Crippen LogP contribution in [0, 0.1) is 10.1 Å². The Bertz CT molecular complexity index is 1170. The zero-order chi connectivity index (χ0) is 21.3. The molecule has 2 aromatic carbocycles. The first-order chi connectivity index (χ1) is 14.3. The van der Waals surface area contributed by atoms with Crippen molar-refractivity contribution in [2.45, 2.75) is 23.0 Å². The van der Waals surface area contributed by atoms with Gasteiger partial charge in [-0.25, -0.2) is 13.4 Å². The van der Waals surface area contributed by atoms with E-state index in [4.69, 9.17) is 11.6 Å². The minimum atomic E-state index is -3.63. The summed E-state index contributed by atoms with van der Waals surface area (Å²) in [7, 11) is -3.63. The van der Waals surface area contributed by atoms with Gasteiger partial charge < -0.3 is 4.90 Å². The number of nitrogens with zero attached hydrogens (tertiary/aromatic N) is 3. The number of anilines is 1. The van der Waals surface area contributed by atoms with Crippen molar-refractivity contribution in [1.29, 1.82) is 0 Å². The topological polar surface area (TPSA) is 93.4 Å². The van der Waals surface area contributed by atoms with Crippen LogP contribution in [0.5, 0.6) is 0 Å². The number of nitro groups is 1. The van der Waals surface area contributed by atoms with Crippen molar-refractivity contribution < 1.29 is 13.3 Å². The highest BCUT2D eigenvalue weighted by Crippen LogP contribution is 2.32. The van der Waals surface area contributed by atoms with E-state index in [0.29, 0.717) is 31.0 Å². The lowest BCUT2D eigenvalue weighted by molar-refractivity contribution is -0.385. The number of benzene rings is 2. The van der Waals surface area contributed by atoms with Crippen molar-refractivity contribution >= 4 is 43.6 Å². The van der Waals surface area contributed by atoms with Gasteiger partial charge >= 0.3 is 0 Å². The highest BCUT2D eigenvalue weighted by atomic mass is 35.5. The Morgan fingerprint density at radius 2 is 1.83 bits per heavy atom. The van der Waals surface area contributed by atoms with Crippen LogP contribution >= 0.6 is 22.9 Å². The zero-order valence-corrected chi connectivity index (χ0v) is 18.2. The third kappa shape index (κ3) is 4.19. The first-order valence-corrected chi connectivity index (χ1v) is 12.1. The molecule has 30 heavy (non-hydrogen) atoms. The number of aromatic nitrogens is 1. The first kappa shape index (κ1) is 20.8. The first-order valence-electron chi connectivity index (χ1n) is 9.29. The molecular weight excluding hydrogens is 446 g/mol. The fourth-order valence-corrected chi connectivity index (χ4v) is 6.27. The molecule has 0 atom stereocenters. The van der Waals surface area contributed by atoms with Crippen molar-refractivity contribution in [2.75, 3.05) is 18.0 Å². The number of nitro benzene ring substituents is 1. The second-order valence-electron chi connectivity index (χ2n) is 7.01. The zero-order valence-electron chi connectivity index (χ0n) is 15.8. The van der Waals surface area contributed by atoms with Crippen molar-refractivity contribution in [3.05, 3.63) is 69.0 Å². The van der Waals surface area contributed by atoms with Crippen LogP contribution in [0.15, 0.2) is 58.8 Å². The summed E-state index contributed by atoms with van der Waals surface area (Å²) in [6.45, 7) is 1.12. The van der Waals surface area contributed by atoms with Gasteiger partial charge in [0.1, 0.15) is 0 Å². The Kier molecular flexibility index (Phi) is 5.77. The highest BCUT2D eigenvalue weighted by molar-refractivity contribution is 7.92. The summed E-state index contributed by atoms with van der Waals surface area (Å²) < 4.78 is 25.9. The van der Waals surface area contributed by atoms with E-state index in [0.717, 1.165) is 22.5 Å². The molecule has 3 aromatic rings. The van der Waals surface area contributed by atoms with Crippen LogP contribution in [0.25, 0.3) is 11.3 Å². The standard InChI is InChI=1S/C20H18ClN3O4S2/c21-15-6-4-14(5-7-15)19-13-29-20(22-19)23-10-8-17(9-11-23)30(27,28)18-3-1-2-16(12-18)24(25)26/h1-7,12-13,17H,8-11H2. The van der Waals surface area contributed by atoms with Crippen LogP contribution in [0.3, 0.4) is 0 Å². The molecule has 156 valence electrons. The van der Waals surface area contributed by atoms with Crippen LogP contribution in [0.2, 0.25) is 5.02 Å². The van der Waals surface area contributed by atoms with Crippen LogP contribution in [0.4, 0.5) is 10.8 Å². The average Bonchev–Trinajstić information content (AvgIpc) is 3.25. The third-order valence-electron chi connectivity index (χ3n) is 5.14. The number of rotatable bonds is 5. The van der Waals surface area contributed by atoms with Gasteiger partial charge in [0.05, 0.1) is 20.8 Å². The predicted octanol–water partition coefficient (Wildman–Crippen LogP) is 4.81. The second kappa shape index (κ2) is 8.33. The van der Waals surface area contributed by atoms with Gasteiger partial charge in [0.25, 0.3) is 5.69 Å². The summed E-state index contributed by atoms with van der Waals surface area (Å²) in [5.41, 5.74) is 1.62. The van der Waals surface area contributed by atoms with Gasteiger partial charge in [0, 0.05) is 41.2 Å². The van der Waals surface area contributed by atoms with E-state index in [9.17, 15) is 18.5 Å². The average molecular weight is 464 g/mol. The van der Waals surface area contributed by atoms with E-state index >= 15 is 0 Å². The molecule has 0 unspecified atom stereocenters. The Labute approximate surface area is 183 Å². The summed E-state index contributed by atoms with van der Waals surface area (Å²) >= 11 is 7.46. The van der Waals surface area contributed by atoms with Gasteiger partial charge in [-0.3, -0.25) is 10.1 Å². The van der Waals surface area contributed by atoms with Gasteiger partial charge in [0.15, 0.2) is 15.0 Å². The Morgan fingerprint density at radius 1 is 1.13 bits per heavy atom. The number of sulfone groups is 1. The molecule has 0 amide bonds. The molecule has 1 saturated heterocycles. The number of hydrogen-bond donors (Lipinski definition) is 0. The third-order valence-corrected chi connectivity index (χ3v) is 8.55. The lowest BCUT2D eigenvalue weighted by atomic mass is 10.1. The summed E-state index contributed by atoms with van der Waals surface area (Å²) in [6, 6.07) is 12.7. The highest BCUT2D eigenvalue weighted by Gasteiger charge is 2.32. The van der Waals surface area contributed by atoms with E-state index in [1.807, 2.05) is 29.6 Å². The molecule has 10 heteroatoms. The second-order valence-corrected chi connectivity index (χ2v) is 10.5. The fraction of sp³-hybridized carbons (Fsp3) is 0.250. The molecule has 0 N–H and O–H groups in total. The smallest absolute Gasteiger partial charge is 0.270 e. The van der Waals surface area contributed by atoms with Crippen LogP contribution in [-0.4, -0.2) is 36.7 Å². The van der Waals surface area contributed by atoms with Crippen LogP contribution < -0.4 is 4.90 Å². The van der Waals surface area contributed by atoms with Crippen molar-refractivity contribution in [1.82, 2.24) is 4.98 Å². The molecule has 1 aliphatic rings. The summed E-state index contributed by atoms with van der Waals surface area (Å²) in [4.78, 5) is 17.2.